The molecule has 0 aromatic heterocycles. The van der Waals surface area contributed by atoms with Crippen molar-refractivity contribution in [3.05, 3.63) is 29.3 Å². The summed E-state index contributed by atoms with van der Waals surface area (Å²) in [6.07, 6.45) is 2.75. The first kappa shape index (κ1) is 17.6. The van der Waals surface area contributed by atoms with Crippen LogP contribution in [-0.2, 0) is 6.42 Å². The van der Waals surface area contributed by atoms with Gasteiger partial charge in [0.1, 0.15) is 5.75 Å². The van der Waals surface area contributed by atoms with Crippen molar-refractivity contribution in [1.29, 1.82) is 0 Å². The predicted molar refractivity (Wildman–Crippen MR) is 96.0 cm³/mol. The van der Waals surface area contributed by atoms with Gasteiger partial charge in [0, 0.05) is 37.8 Å². The Morgan fingerprint density at radius 2 is 1.84 bits per heavy atom. The molecular formula is C19H27N3O3. The summed E-state index contributed by atoms with van der Waals surface area (Å²) in [6, 6.07) is 5.79. The molecule has 1 aromatic carbocycles. The summed E-state index contributed by atoms with van der Waals surface area (Å²) in [4.78, 5) is 28.7. The van der Waals surface area contributed by atoms with Gasteiger partial charge in [-0.2, -0.15) is 0 Å². The van der Waals surface area contributed by atoms with Crippen LogP contribution in [-0.4, -0.2) is 60.6 Å². The molecule has 1 fully saturated rings. The van der Waals surface area contributed by atoms with Crippen LogP contribution in [0.3, 0.4) is 0 Å². The second-order valence-electron chi connectivity index (χ2n) is 7.01. The number of rotatable bonds is 2. The van der Waals surface area contributed by atoms with E-state index in [-0.39, 0.29) is 18.0 Å². The Labute approximate surface area is 149 Å². The highest BCUT2D eigenvalue weighted by Gasteiger charge is 2.24. The van der Waals surface area contributed by atoms with Crippen molar-refractivity contribution in [3.63, 3.8) is 0 Å². The van der Waals surface area contributed by atoms with Crippen LogP contribution in [0.1, 0.15) is 42.6 Å². The third kappa shape index (κ3) is 4.24. The molecule has 0 unspecified atom stereocenters. The van der Waals surface area contributed by atoms with Crippen molar-refractivity contribution in [2.45, 2.75) is 39.2 Å². The summed E-state index contributed by atoms with van der Waals surface area (Å²) in [5.41, 5.74) is 1.83. The zero-order valence-corrected chi connectivity index (χ0v) is 15.1. The number of ether oxygens (including phenoxy) is 1. The highest BCUT2D eigenvalue weighted by molar-refractivity contribution is 5.94. The van der Waals surface area contributed by atoms with Crippen LogP contribution in [0.25, 0.3) is 0 Å². The molecule has 2 aliphatic heterocycles. The van der Waals surface area contributed by atoms with E-state index in [4.69, 9.17) is 4.74 Å². The van der Waals surface area contributed by atoms with Crippen molar-refractivity contribution in [1.82, 2.24) is 15.1 Å². The topological polar surface area (TPSA) is 61.9 Å². The number of amides is 3. The first-order valence-electron chi connectivity index (χ1n) is 9.15. The molecular weight excluding hydrogens is 318 g/mol. The third-order valence-electron chi connectivity index (χ3n) is 4.64. The number of aryl methyl sites for hydroxylation is 1. The SMILES string of the molecule is CC(C)NC(=O)N1CCCN(C(=O)c2ccc3c(c2)CCCO3)CC1. The molecule has 0 saturated carbocycles. The molecule has 0 atom stereocenters. The van der Waals surface area contributed by atoms with Crippen LogP contribution in [0.5, 0.6) is 5.75 Å². The van der Waals surface area contributed by atoms with Gasteiger partial charge in [0.05, 0.1) is 6.61 Å². The quantitative estimate of drug-likeness (QED) is 0.894. The molecule has 1 saturated heterocycles. The van der Waals surface area contributed by atoms with Crippen molar-refractivity contribution in [2.24, 2.45) is 0 Å². The fourth-order valence-electron chi connectivity index (χ4n) is 3.34. The third-order valence-corrected chi connectivity index (χ3v) is 4.64. The van der Waals surface area contributed by atoms with Crippen LogP contribution in [0.2, 0.25) is 0 Å². The minimum Gasteiger partial charge on any atom is -0.493 e. The molecule has 2 aliphatic rings. The van der Waals surface area contributed by atoms with Gasteiger partial charge in [-0.15, -0.1) is 0 Å². The van der Waals surface area contributed by atoms with Crippen LogP contribution >= 0.6 is 0 Å². The van der Waals surface area contributed by atoms with E-state index in [0.717, 1.165) is 37.2 Å². The van der Waals surface area contributed by atoms with Crippen LogP contribution in [0.15, 0.2) is 18.2 Å². The van der Waals surface area contributed by atoms with E-state index in [1.54, 1.807) is 4.90 Å². The highest BCUT2D eigenvalue weighted by Crippen LogP contribution is 2.26. The largest absolute Gasteiger partial charge is 0.493 e. The summed E-state index contributed by atoms with van der Waals surface area (Å²) in [5.74, 6) is 0.940. The summed E-state index contributed by atoms with van der Waals surface area (Å²) < 4.78 is 5.62. The fourth-order valence-corrected chi connectivity index (χ4v) is 3.34. The maximum atomic E-state index is 12.9. The van der Waals surface area contributed by atoms with Gasteiger partial charge >= 0.3 is 6.03 Å². The number of nitrogens with zero attached hydrogens (tertiary/aromatic N) is 2. The molecule has 1 aromatic rings. The Balaban J connectivity index is 1.64. The number of nitrogens with one attached hydrogen (secondary N) is 1. The van der Waals surface area contributed by atoms with Gasteiger partial charge in [0.15, 0.2) is 0 Å². The minimum atomic E-state index is -0.0461. The van der Waals surface area contributed by atoms with Crippen LogP contribution < -0.4 is 10.1 Å². The molecule has 0 bridgehead atoms. The first-order chi connectivity index (χ1) is 12.0. The fraction of sp³-hybridized carbons (Fsp3) is 0.579. The monoisotopic (exact) mass is 345 g/mol. The van der Waals surface area contributed by atoms with Crippen molar-refractivity contribution < 1.29 is 14.3 Å². The second-order valence-corrected chi connectivity index (χ2v) is 7.01. The summed E-state index contributed by atoms with van der Waals surface area (Å²) in [5, 5.41) is 2.92. The molecule has 6 nitrogen and oxygen atoms in total. The minimum absolute atomic E-state index is 0.0412. The van der Waals surface area contributed by atoms with E-state index in [1.165, 1.54) is 0 Å². The highest BCUT2D eigenvalue weighted by atomic mass is 16.5. The molecule has 0 aliphatic carbocycles. The Bertz CT molecular complexity index is 645. The molecule has 2 heterocycles. The first-order valence-corrected chi connectivity index (χ1v) is 9.15. The lowest BCUT2D eigenvalue weighted by atomic mass is 10.0. The maximum Gasteiger partial charge on any atom is 0.317 e. The van der Waals surface area contributed by atoms with Gasteiger partial charge in [-0.1, -0.05) is 0 Å². The zero-order valence-electron chi connectivity index (χ0n) is 15.1. The standard InChI is InChI=1S/C19H27N3O3/c1-14(2)20-19(24)22-9-4-8-21(10-11-22)18(23)16-6-7-17-15(13-16)5-3-12-25-17/h6-7,13-14H,3-5,8-12H2,1-2H3,(H,20,24). The zero-order chi connectivity index (χ0) is 17.8. The van der Waals surface area contributed by atoms with Gasteiger partial charge < -0.3 is 19.9 Å². The number of carbonyl (C=O) groups is 2. The van der Waals surface area contributed by atoms with Gasteiger partial charge in [-0.25, -0.2) is 4.79 Å². The van der Waals surface area contributed by atoms with E-state index in [1.807, 2.05) is 36.9 Å². The van der Waals surface area contributed by atoms with Crippen molar-refractivity contribution in [2.75, 3.05) is 32.8 Å². The molecule has 3 amide bonds. The van der Waals surface area contributed by atoms with E-state index >= 15 is 0 Å². The van der Waals surface area contributed by atoms with Crippen LogP contribution in [0, 0.1) is 0 Å². The molecule has 136 valence electrons. The normalized spacial score (nSPS) is 17.6. The lowest BCUT2D eigenvalue weighted by Gasteiger charge is -2.24. The van der Waals surface area contributed by atoms with E-state index in [9.17, 15) is 9.59 Å². The van der Waals surface area contributed by atoms with Gasteiger partial charge in [-0.05, 0) is 56.9 Å². The lowest BCUT2D eigenvalue weighted by Crippen LogP contribution is -2.44. The summed E-state index contributed by atoms with van der Waals surface area (Å²) >= 11 is 0. The number of urea groups is 1. The Hall–Kier alpha value is -2.24. The van der Waals surface area contributed by atoms with E-state index < -0.39 is 0 Å². The number of hydrogen-bond acceptors (Lipinski definition) is 3. The Morgan fingerprint density at radius 1 is 1.08 bits per heavy atom. The number of carbonyl (C=O) groups excluding carboxylic acids is 2. The summed E-state index contributed by atoms with van der Waals surface area (Å²) in [7, 11) is 0. The lowest BCUT2D eigenvalue weighted by molar-refractivity contribution is 0.0762. The Kier molecular flexibility index (Phi) is 5.46. The second kappa shape index (κ2) is 7.76. The molecule has 0 radical (unpaired) electrons. The smallest absolute Gasteiger partial charge is 0.317 e. The molecule has 1 N–H and O–H groups in total. The average Bonchev–Trinajstić information content (AvgIpc) is 2.86. The average molecular weight is 345 g/mol. The molecule has 6 heteroatoms. The van der Waals surface area contributed by atoms with Gasteiger partial charge in [-0.3, -0.25) is 4.79 Å². The number of benzene rings is 1. The maximum absolute atomic E-state index is 12.9. The Morgan fingerprint density at radius 3 is 2.64 bits per heavy atom. The van der Waals surface area contributed by atoms with E-state index in [2.05, 4.69) is 5.32 Å². The predicted octanol–water partition coefficient (Wildman–Crippen LogP) is 2.28. The van der Waals surface area contributed by atoms with Gasteiger partial charge in [0.25, 0.3) is 5.91 Å². The van der Waals surface area contributed by atoms with Gasteiger partial charge in [0.2, 0.25) is 0 Å². The van der Waals surface area contributed by atoms with E-state index in [0.29, 0.717) is 31.7 Å². The van der Waals surface area contributed by atoms with Crippen molar-refractivity contribution >= 4 is 11.9 Å². The van der Waals surface area contributed by atoms with Crippen molar-refractivity contribution in [3.8, 4) is 5.75 Å². The molecule has 25 heavy (non-hydrogen) atoms. The molecule has 0 spiro atoms. The molecule has 3 rings (SSSR count). The summed E-state index contributed by atoms with van der Waals surface area (Å²) in [6.45, 7) is 7.14. The number of fused-ring (bicyclic) bond motifs is 1. The number of hydrogen-bond donors (Lipinski definition) is 1. The van der Waals surface area contributed by atoms with Crippen LogP contribution in [0.4, 0.5) is 4.79 Å².